The Morgan fingerprint density at radius 2 is 1.78 bits per heavy atom. The van der Waals surface area contributed by atoms with Crippen molar-refractivity contribution in [3.63, 3.8) is 0 Å². The minimum absolute atomic E-state index is 0.00133. The second-order valence-electron chi connectivity index (χ2n) is 5.19. The summed E-state index contributed by atoms with van der Waals surface area (Å²) in [6, 6.07) is 15.4. The molecule has 0 unspecified atom stereocenters. The fraction of sp³-hybridized carbons (Fsp3) is 0.0556. The highest BCUT2D eigenvalue weighted by Crippen LogP contribution is 2.32. The van der Waals surface area contributed by atoms with E-state index >= 15 is 0 Å². The Morgan fingerprint density at radius 1 is 1.00 bits per heavy atom. The zero-order valence-corrected chi connectivity index (χ0v) is 12.2. The van der Waals surface area contributed by atoms with E-state index in [4.69, 9.17) is 0 Å². The maximum atomic E-state index is 10.9. The van der Waals surface area contributed by atoms with Gasteiger partial charge in [-0.05, 0) is 47.4 Å². The summed E-state index contributed by atoms with van der Waals surface area (Å²) >= 11 is 0. The van der Waals surface area contributed by atoms with E-state index < -0.39 is 4.92 Å². The molecule has 3 rings (SSSR count). The molecule has 0 bridgehead atoms. The Bertz CT molecular complexity index is 848. The second kappa shape index (κ2) is 6.27. The minimum atomic E-state index is -0.443. The Kier molecular flexibility index (Phi) is 4.01. The number of phenols is 1. The van der Waals surface area contributed by atoms with Gasteiger partial charge in [-0.2, -0.15) is 0 Å². The van der Waals surface area contributed by atoms with E-state index in [2.05, 4.69) is 4.98 Å². The molecule has 1 aromatic heterocycles. The van der Waals surface area contributed by atoms with Crippen LogP contribution in [0.15, 0.2) is 67.0 Å². The molecule has 1 heterocycles. The van der Waals surface area contributed by atoms with Crippen molar-refractivity contribution in [2.24, 2.45) is 0 Å². The largest absolute Gasteiger partial charge is 0.507 e. The number of non-ortho nitro benzene ring substituents is 1. The van der Waals surface area contributed by atoms with Crippen LogP contribution >= 0.6 is 0 Å². The Hall–Kier alpha value is -3.21. The van der Waals surface area contributed by atoms with E-state index in [-0.39, 0.29) is 11.4 Å². The van der Waals surface area contributed by atoms with Crippen LogP contribution in [0.3, 0.4) is 0 Å². The van der Waals surface area contributed by atoms with Crippen molar-refractivity contribution in [3.8, 4) is 16.9 Å². The minimum Gasteiger partial charge on any atom is -0.507 e. The van der Waals surface area contributed by atoms with Gasteiger partial charge in [0.05, 0.1) is 4.92 Å². The van der Waals surface area contributed by atoms with Gasteiger partial charge in [0.15, 0.2) is 0 Å². The lowest BCUT2D eigenvalue weighted by atomic mass is 9.98. The second-order valence-corrected chi connectivity index (χ2v) is 5.19. The van der Waals surface area contributed by atoms with Crippen molar-refractivity contribution in [3.05, 3.63) is 88.2 Å². The van der Waals surface area contributed by atoms with Gasteiger partial charge in [0, 0.05) is 30.1 Å². The number of nitrogens with zero attached hydrogens (tertiary/aromatic N) is 2. The Balaban J connectivity index is 1.98. The predicted octanol–water partition coefficient (Wildman–Crippen LogP) is 3.95. The van der Waals surface area contributed by atoms with Crippen LogP contribution in [0, 0.1) is 10.1 Å². The van der Waals surface area contributed by atoms with Crippen LogP contribution in [0.5, 0.6) is 5.75 Å². The third-order valence-corrected chi connectivity index (χ3v) is 3.59. The first-order valence-electron chi connectivity index (χ1n) is 7.09. The summed E-state index contributed by atoms with van der Waals surface area (Å²) in [6.07, 6.45) is 4.17. The fourth-order valence-electron chi connectivity index (χ4n) is 2.45. The van der Waals surface area contributed by atoms with E-state index in [1.54, 1.807) is 30.6 Å². The van der Waals surface area contributed by atoms with Gasteiger partial charge in [0.1, 0.15) is 5.75 Å². The first-order chi connectivity index (χ1) is 11.1. The maximum Gasteiger partial charge on any atom is 0.270 e. The highest BCUT2D eigenvalue weighted by molar-refractivity contribution is 5.72. The summed E-state index contributed by atoms with van der Waals surface area (Å²) < 4.78 is 0. The lowest BCUT2D eigenvalue weighted by Crippen LogP contribution is -1.91. The van der Waals surface area contributed by atoms with Gasteiger partial charge in [-0.25, -0.2) is 0 Å². The molecule has 0 saturated carbocycles. The number of nitro benzene ring substituents is 1. The normalized spacial score (nSPS) is 10.4. The topological polar surface area (TPSA) is 76.3 Å². The lowest BCUT2D eigenvalue weighted by Gasteiger charge is -2.08. The number of pyridine rings is 1. The van der Waals surface area contributed by atoms with Crippen LogP contribution in [0.1, 0.15) is 11.1 Å². The SMILES string of the molecule is O=[N+]([O-])c1cccc(-c2cc(Cc3ccncc3)ccc2O)c1. The highest BCUT2D eigenvalue weighted by atomic mass is 16.6. The zero-order valence-electron chi connectivity index (χ0n) is 12.2. The van der Waals surface area contributed by atoms with Gasteiger partial charge in [-0.1, -0.05) is 18.2 Å². The maximum absolute atomic E-state index is 10.9. The molecule has 0 aliphatic rings. The van der Waals surface area contributed by atoms with Crippen molar-refractivity contribution in [2.75, 3.05) is 0 Å². The summed E-state index contributed by atoms with van der Waals surface area (Å²) in [5.74, 6) is 0.101. The number of hydrogen-bond acceptors (Lipinski definition) is 4. The summed E-state index contributed by atoms with van der Waals surface area (Å²) in [4.78, 5) is 14.5. The summed E-state index contributed by atoms with van der Waals surface area (Å²) in [5.41, 5.74) is 3.32. The van der Waals surface area contributed by atoms with E-state index in [0.717, 1.165) is 11.1 Å². The van der Waals surface area contributed by atoms with Crippen molar-refractivity contribution in [1.29, 1.82) is 0 Å². The average Bonchev–Trinajstić information content (AvgIpc) is 2.57. The van der Waals surface area contributed by atoms with Gasteiger partial charge < -0.3 is 5.11 Å². The molecule has 0 spiro atoms. The standard InChI is InChI=1S/C18H14N2O3/c21-18-5-4-14(10-13-6-8-19-9-7-13)11-17(18)15-2-1-3-16(12-15)20(22)23/h1-9,11-12,21H,10H2. The Labute approximate surface area is 133 Å². The van der Waals surface area contributed by atoms with Crippen LogP contribution in [0.4, 0.5) is 5.69 Å². The lowest BCUT2D eigenvalue weighted by molar-refractivity contribution is -0.384. The monoisotopic (exact) mass is 306 g/mol. The molecule has 0 fully saturated rings. The van der Waals surface area contributed by atoms with Gasteiger partial charge in [0.25, 0.3) is 5.69 Å². The number of nitro groups is 1. The molecule has 0 saturated heterocycles. The van der Waals surface area contributed by atoms with Gasteiger partial charge in [0.2, 0.25) is 0 Å². The van der Waals surface area contributed by atoms with Crippen LogP contribution < -0.4 is 0 Å². The molecular weight excluding hydrogens is 292 g/mol. The van der Waals surface area contributed by atoms with Gasteiger partial charge in [-0.15, -0.1) is 0 Å². The molecule has 0 radical (unpaired) electrons. The molecule has 0 aliphatic carbocycles. The van der Waals surface area contributed by atoms with Crippen molar-refractivity contribution in [1.82, 2.24) is 4.98 Å². The molecule has 3 aromatic rings. The number of aromatic hydroxyl groups is 1. The van der Waals surface area contributed by atoms with Crippen LogP contribution in [0.25, 0.3) is 11.1 Å². The molecular formula is C18H14N2O3. The number of hydrogen-bond donors (Lipinski definition) is 1. The van der Waals surface area contributed by atoms with E-state index in [1.807, 2.05) is 24.3 Å². The van der Waals surface area contributed by atoms with E-state index in [0.29, 0.717) is 17.5 Å². The summed E-state index contributed by atoms with van der Waals surface area (Å²) in [6.45, 7) is 0. The first-order valence-corrected chi connectivity index (χ1v) is 7.09. The molecule has 1 N–H and O–H groups in total. The molecule has 5 nitrogen and oxygen atoms in total. The molecule has 0 aliphatic heterocycles. The molecule has 0 atom stereocenters. The number of phenolic OH excluding ortho intramolecular Hbond substituents is 1. The molecule has 0 amide bonds. The smallest absolute Gasteiger partial charge is 0.270 e. The van der Waals surface area contributed by atoms with E-state index in [1.165, 1.54) is 12.1 Å². The predicted molar refractivity (Wildman–Crippen MR) is 87.2 cm³/mol. The molecule has 114 valence electrons. The van der Waals surface area contributed by atoms with Crippen LogP contribution in [-0.2, 0) is 6.42 Å². The quantitative estimate of drug-likeness (QED) is 0.585. The van der Waals surface area contributed by atoms with Crippen LogP contribution in [0.2, 0.25) is 0 Å². The third-order valence-electron chi connectivity index (χ3n) is 3.59. The van der Waals surface area contributed by atoms with Crippen molar-refractivity contribution >= 4 is 5.69 Å². The fourth-order valence-corrected chi connectivity index (χ4v) is 2.45. The number of aromatic nitrogens is 1. The van der Waals surface area contributed by atoms with Gasteiger partial charge in [-0.3, -0.25) is 15.1 Å². The van der Waals surface area contributed by atoms with Gasteiger partial charge >= 0.3 is 0 Å². The number of benzene rings is 2. The first kappa shape index (κ1) is 14.7. The summed E-state index contributed by atoms with van der Waals surface area (Å²) in [5, 5.41) is 21.0. The van der Waals surface area contributed by atoms with E-state index in [9.17, 15) is 15.2 Å². The van der Waals surface area contributed by atoms with Crippen molar-refractivity contribution in [2.45, 2.75) is 6.42 Å². The Morgan fingerprint density at radius 3 is 2.52 bits per heavy atom. The zero-order chi connectivity index (χ0) is 16.2. The van der Waals surface area contributed by atoms with Crippen molar-refractivity contribution < 1.29 is 10.0 Å². The molecule has 2 aromatic carbocycles. The van der Waals surface area contributed by atoms with Crippen LogP contribution in [-0.4, -0.2) is 15.0 Å². The average molecular weight is 306 g/mol. The molecule has 23 heavy (non-hydrogen) atoms. The summed E-state index contributed by atoms with van der Waals surface area (Å²) in [7, 11) is 0. The highest BCUT2D eigenvalue weighted by Gasteiger charge is 2.11. The third kappa shape index (κ3) is 3.35. The molecule has 5 heteroatoms. The number of rotatable bonds is 4.